The number of rotatable bonds is 9. The van der Waals surface area contributed by atoms with E-state index in [-0.39, 0.29) is 0 Å². The molecule has 0 aliphatic heterocycles. The highest BCUT2D eigenvalue weighted by Gasteiger charge is 2.37. The molecule has 0 aromatic carbocycles. The second-order valence-corrected chi connectivity index (χ2v) is 9.28. The molecule has 0 radical (unpaired) electrons. The summed E-state index contributed by atoms with van der Waals surface area (Å²) >= 11 is 0. The molecular formula is C18H34NO4P. The van der Waals surface area contributed by atoms with E-state index in [0.717, 1.165) is 19.3 Å². The minimum absolute atomic E-state index is 0.478. The van der Waals surface area contributed by atoms with Gasteiger partial charge in [-0.25, -0.2) is 0 Å². The van der Waals surface area contributed by atoms with Gasteiger partial charge in [0.2, 0.25) is 0 Å². The molecular weight excluding hydrogens is 325 g/mol. The molecule has 24 heavy (non-hydrogen) atoms. The fraction of sp³-hybridized carbons (Fsp3) is 0.944. The maximum atomic E-state index is 12.0. The fourth-order valence-corrected chi connectivity index (χ4v) is 5.93. The van der Waals surface area contributed by atoms with Crippen LogP contribution in [0, 0.1) is 17.8 Å². The molecule has 5 nitrogen and oxygen atoms in total. The van der Waals surface area contributed by atoms with Gasteiger partial charge in [0.05, 0.1) is 11.6 Å². The van der Waals surface area contributed by atoms with Gasteiger partial charge in [0, 0.05) is 6.04 Å². The summed E-state index contributed by atoms with van der Waals surface area (Å²) < 4.78 is 12.0. The number of carboxylic acid groups (broad SMARTS) is 1. The first-order valence-electron chi connectivity index (χ1n) is 9.70. The topological polar surface area (TPSA) is 101 Å². The van der Waals surface area contributed by atoms with Gasteiger partial charge in [0.25, 0.3) is 0 Å². The largest absolute Gasteiger partial charge is 0.481 e. The van der Waals surface area contributed by atoms with E-state index in [1.807, 2.05) is 0 Å². The lowest BCUT2D eigenvalue weighted by atomic mass is 9.82. The van der Waals surface area contributed by atoms with E-state index in [1.54, 1.807) is 0 Å². The maximum absolute atomic E-state index is 12.0. The van der Waals surface area contributed by atoms with Crippen LogP contribution in [0.3, 0.4) is 0 Å². The third-order valence-electron chi connectivity index (χ3n) is 6.19. The predicted octanol–water partition coefficient (Wildman–Crippen LogP) is 3.79. The van der Waals surface area contributed by atoms with Crippen LogP contribution in [0.2, 0.25) is 0 Å². The number of hydrogen-bond acceptors (Lipinski definition) is 3. The molecule has 6 heteroatoms. The van der Waals surface area contributed by atoms with Crippen molar-refractivity contribution in [3.63, 3.8) is 0 Å². The van der Waals surface area contributed by atoms with Crippen molar-refractivity contribution in [3.8, 4) is 0 Å². The van der Waals surface area contributed by atoms with Gasteiger partial charge in [0.15, 0.2) is 8.03 Å². The Bertz CT molecular complexity index is 419. The van der Waals surface area contributed by atoms with Crippen LogP contribution >= 0.6 is 8.03 Å². The second kappa shape index (κ2) is 9.94. The van der Waals surface area contributed by atoms with Crippen LogP contribution in [0.25, 0.3) is 0 Å². The maximum Gasteiger partial charge on any atom is 0.307 e. The molecule has 2 rings (SSSR count). The lowest BCUT2D eigenvalue weighted by molar-refractivity contribution is -0.142. The standard InChI is InChI=1S/C18H34NO4P/c19-16(12-14-8-2-1-3-9-14)17(24(22)23)15(18(20)21)11-10-13-6-4-5-7-13/h13-17,24H,1-12,19H2,(H,20,21)(H,22,23). The SMILES string of the molecule is NC(CC1CCCCC1)C(C(CCC1CCCC1)C(=O)O)[PH](=O)O. The van der Waals surface area contributed by atoms with Crippen molar-refractivity contribution in [3.05, 3.63) is 0 Å². The molecule has 0 aromatic heterocycles. The summed E-state index contributed by atoms with van der Waals surface area (Å²) in [6, 6.07) is -0.478. The Morgan fingerprint density at radius 3 is 2.12 bits per heavy atom. The number of aliphatic carboxylic acids is 1. The molecule has 2 saturated carbocycles. The van der Waals surface area contributed by atoms with Gasteiger partial charge in [0.1, 0.15) is 0 Å². The fourth-order valence-electron chi connectivity index (χ4n) is 4.78. The molecule has 4 unspecified atom stereocenters. The smallest absolute Gasteiger partial charge is 0.307 e. The van der Waals surface area contributed by atoms with Crippen molar-refractivity contribution in [2.24, 2.45) is 23.5 Å². The summed E-state index contributed by atoms with van der Waals surface area (Å²) in [4.78, 5) is 21.6. The van der Waals surface area contributed by atoms with Gasteiger partial charge < -0.3 is 15.7 Å². The van der Waals surface area contributed by atoms with Crippen LogP contribution < -0.4 is 5.73 Å². The monoisotopic (exact) mass is 359 g/mol. The molecule has 0 heterocycles. The van der Waals surface area contributed by atoms with E-state index in [2.05, 4.69) is 0 Å². The average molecular weight is 359 g/mol. The summed E-state index contributed by atoms with van der Waals surface area (Å²) in [5.74, 6) is -0.657. The van der Waals surface area contributed by atoms with E-state index in [4.69, 9.17) is 5.73 Å². The Morgan fingerprint density at radius 2 is 1.58 bits per heavy atom. The third-order valence-corrected chi connectivity index (χ3v) is 7.59. The molecule has 0 saturated heterocycles. The zero-order valence-corrected chi connectivity index (χ0v) is 15.7. The lowest BCUT2D eigenvalue weighted by Crippen LogP contribution is -2.42. The van der Waals surface area contributed by atoms with Crippen LogP contribution in [0.15, 0.2) is 0 Å². The Labute approximate surface area is 146 Å². The van der Waals surface area contributed by atoms with Gasteiger partial charge in [-0.15, -0.1) is 0 Å². The normalized spacial score (nSPS) is 25.2. The van der Waals surface area contributed by atoms with Crippen molar-refractivity contribution in [1.82, 2.24) is 0 Å². The highest BCUT2D eigenvalue weighted by Crippen LogP contribution is 2.39. The highest BCUT2D eigenvalue weighted by atomic mass is 31.1. The van der Waals surface area contributed by atoms with Crippen molar-refractivity contribution in [2.45, 2.75) is 88.8 Å². The van der Waals surface area contributed by atoms with Crippen LogP contribution in [-0.4, -0.2) is 27.7 Å². The zero-order valence-electron chi connectivity index (χ0n) is 14.7. The molecule has 2 aliphatic rings. The molecule has 2 aliphatic carbocycles. The van der Waals surface area contributed by atoms with E-state index in [0.29, 0.717) is 24.7 Å². The Morgan fingerprint density at radius 1 is 1.04 bits per heavy atom. The summed E-state index contributed by atoms with van der Waals surface area (Å²) in [5, 5.41) is 9.63. The van der Waals surface area contributed by atoms with E-state index < -0.39 is 31.6 Å². The molecule has 0 amide bonds. The van der Waals surface area contributed by atoms with Gasteiger partial charge in [-0.1, -0.05) is 57.8 Å². The van der Waals surface area contributed by atoms with Crippen molar-refractivity contribution in [2.75, 3.05) is 0 Å². The zero-order chi connectivity index (χ0) is 17.5. The average Bonchev–Trinajstić information content (AvgIpc) is 3.04. The molecule has 4 N–H and O–H groups in total. The summed E-state index contributed by atoms with van der Waals surface area (Å²) in [6.45, 7) is 0. The van der Waals surface area contributed by atoms with Crippen molar-refractivity contribution >= 4 is 14.0 Å². The van der Waals surface area contributed by atoms with Gasteiger partial charge >= 0.3 is 5.97 Å². The summed E-state index contributed by atoms with van der Waals surface area (Å²) in [5.41, 5.74) is 5.49. The summed E-state index contributed by atoms with van der Waals surface area (Å²) in [7, 11) is -2.97. The molecule has 140 valence electrons. The second-order valence-electron chi connectivity index (χ2n) is 7.94. The number of nitrogens with two attached hydrogens (primary N) is 1. The molecule has 0 bridgehead atoms. The predicted molar refractivity (Wildman–Crippen MR) is 96.5 cm³/mol. The molecule has 0 spiro atoms. The van der Waals surface area contributed by atoms with E-state index in [9.17, 15) is 19.4 Å². The number of carbonyl (C=O) groups is 1. The first-order chi connectivity index (χ1) is 11.5. The highest BCUT2D eigenvalue weighted by molar-refractivity contribution is 7.39. The summed E-state index contributed by atoms with van der Waals surface area (Å²) in [6.07, 6.45) is 12.7. The minimum Gasteiger partial charge on any atom is -0.481 e. The first kappa shape index (κ1) is 19.9. The van der Waals surface area contributed by atoms with Crippen LogP contribution in [0.4, 0.5) is 0 Å². The Hall–Kier alpha value is -0.380. The van der Waals surface area contributed by atoms with Crippen molar-refractivity contribution < 1.29 is 19.4 Å². The van der Waals surface area contributed by atoms with Crippen molar-refractivity contribution in [1.29, 1.82) is 0 Å². The number of carboxylic acids is 1. The van der Waals surface area contributed by atoms with Crippen LogP contribution in [0.1, 0.15) is 77.0 Å². The van der Waals surface area contributed by atoms with Gasteiger partial charge in [-0.05, 0) is 31.1 Å². The van der Waals surface area contributed by atoms with Gasteiger partial charge in [-0.2, -0.15) is 0 Å². The third kappa shape index (κ3) is 5.86. The Balaban J connectivity index is 1.97. The van der Waals surface area contributed by atoms with Crippen LogP contribution in [0.5, 0.6) is 0 Å². The first-order valence-corrected chi connectivity index (χ1v) is 11.1. The molecule has 0 aromatic rings. The van der Waals surface area contributed by atoms with E-state index in [1.165, 1.54) is 44.9 Å². The minimum atomic E-state index is -2.97. The quantitative estimate of drug-likeness (QED) is 0.544. The van der Waals surface area contributed by atoms with Crippen LogP contribution in [-0.2, 0) is 9.36 Å². The molecule has 4 atom stereocenters. The van der Waals surface area contributed by atoms with Gasteiger partial charge in [-0.3, -0.25) is 9.36 Å². The molecule has 2 fully saturated rings. The number of hydrogen-bond donors (Lipinski definition) is 3. The lowest BCUT2D eigenvalue weighted by Gasteiger charge is -2.31. The Kier molecular flexibility index (Phi) is 8.25. The van der Waals surface area contributed by atoms with E-state index >= 15 is 0 Å².